The Balaban J connectivity index is 1.93. The second kappa shape index (κ2) is 11.5. The van der Waals surface area contributed by atoms with Crippen molar-refractivity contribution in [3.05, 3.63) is 58.1 Å². The maximum Gasteiger partial charge on any atom is 0.310 e. The highest BCUT2D eigenvalue weighted by Crippen LogP contribution is 2.33. The van der Waals surface area contributed by atoms with E-state index in [2.05, 4.69) is 26.1 Å². The molecule has 136 valence electrons. The van der Waals surface area contributed by atoms with Crippen LogP contribution in [-0.2, 0) is 20.7 Å². The van der Waals surface area contributed by atoms with Gasteiger partial charge in [-0.2, -0.15) is 0 Å². The van der Waals surface area contributed by atoms with Crippen LogP contribution in [0.25, 0.3) is 0 Å². The van der Waals surface area contributed by atoms with E-state index in [-0.39, 0.29) is 19.0 Å². The van der Waals surface area contributed by atoms with Crippen LogP contribution in [0.4, 0.5) is 11.4 Å². The Morgan fingerprint density at radius 3 is 2.46 bits per heavy atom. The molecule has 0 atom stereocenters. The van der Waals surface area contributed by atoms with Gasteiger partial charge in [0.05, 0.1) is 35.4 Å². The van der Waals surface area contributed by atoms with E-state index in [1.54, 1.807) is 18.2 Å². The second-order valence-corrected chi connectivity index (χ2v) is 6.57. The minimum atomic E-state index is -0.322. The predicted molar refractivity (Wildman–Crippen MR) is 105 cm³/mol. The fourth-order valence-electron chi connectivity index (χ4n) is 2.20. The molecule has 2 rings (SSSR count). The van der Waals surface area contributed by atoms with E-state index in [9.17, 15) is 4.79 Å². The summed E-state index contributed by atoms with van der Waals surface area (Å²) in [7, 11) is 0. The molecule has 0 aliphatic carbocycles. The Morgan fingerprint density at radius 1 is 1.00 bits per heavy atom. The number of hydrogen-bond donors (Lipinski definition) is 2. The average Bonchev–Trinajstić information content (AvgIpc) is 2.62. The maximum absolute atomic E-state index is 12.1. The molecule has 0 heterocycles. The zero-order valence-corrected chi connectivity index (χ0v) is 16.8. The third kappa shape index (κ3) is 6.81. The number of hydrogen-bond acceptors (Lipinski definition) is 5. The van der Waals surface area contributed by atoms with E-state index < -0.39 is 0 Å². The first kappa shape index (κ1) is 21.0. The van der Waals surface area contributed by atoms with Crippen molar-refractivity contribution in [3.63, 3.8) is 0 Å². The van der Waals surface area contributed by atoms with Gasteiger partial charge in [-0.25, -0.2) is 0 Å². The molecule has 2 radical (unpaired) electrons. The summed E-state index contributed by atoms with van der Waals surface area (Å²) in [5, 5.41) is 4.21. The van der Waals surface area contributed by atoms with Gasteiger partial charge in [-0.1, -0.05) is 47.5 Å². The van der Waals surface area contributed by atoms with Gasteiger partial charge in [0.2, 0.25) is 0 Å². The number of anilines is 2. The lowest BCUT2D eigenvalue weighted by molar-refractivity contribution is -0.144. The van der Waals surface area contributed by atoms with Gasteiger partial charge in [0.1, 0.15) is 6.61 Å². The molecule has 0 saturated carbocycles. The monoisotopic (exact) mass is 408 g/mol. The van der Waals surface area contributed by atoms with Gasteiger partial charge in [0.15, 0.2) is 0 Å². The second-order valence-electron chi connectivity index (χ2n) is 5.34. The summed E-state index contributed by atoms with van der Waals surface area (Å²) in [6.45, 7) is 1.88. The average molecular weight is 409 g/mol. The first-order chi connectivity index (χ1) is 12.6. The van der Waals surface area contributed by atoms with E-state index in [1.807, 2.05) is 24.3 Å². The van der Waals surface area contributed by atoms with Crippen LogP contribution in [0.15, 0.2) is 42.5 Å². The van der Waals surface area contributed by atoms with Crippen LogP contribution >= 0.6 is 23.2 Å². The minimum absolute atomic E-state index is 0.137. The largest absolute Gasteiger partial charge is 0.463 e. The Bertz CT molecular complexity index is 711. The van der Waals surface area contributed by atoms with E-state index in [1.165, 1.54) is 0 Å². The lowest BCUT2D eigenvalue weighted by Crippen LogP contribution is -2.18. The lowest BCUT2D eigenvalue weighted by atomic mass is 10.1. The molecule has 0 fully saturated rings. The topological polar surface area (TPSA) is 59.6 Å². The highest BCUT2D eigenvalue weighted by atomic mass is 35.5. The van der Waals surface area contributed by atoms with Crippen molar-refractivity contribution in [2.24, 2.45) is 0 Å². The minimum Gasteiger partial charge on any atom is -0.463 e. The van der Waals surface area contributed by atoms with Crippen molar-refractivity contribution in [2.75, 3.05) is 31.7 Å². The van der Waals surface area contributed by atoms with Gasteiger partial charge in [-0.3, -0.25) is 4.79 Å². The number of carbonyl (C=O) groups is 1. The lowest BCUT2D eigenvalue weighted by Gasteiger charge is -2.14. The Morgan fingerprint density at radius 2 is 1.73 bits per heavy atom. The molecule has 0 saturated heterocycles. The van der Waals surface area contributed by atoms with Crippen LogP contribution in [0, 0.1) is 0 Å². The van der Waals surface area contributed by atoms with Crippen molar-refractivity contribution >= 4 is 57.1 Å². The number of para-hydroxylation sites is 2. The molecule has 0 amide bonds. The quantitative estimate of drug-likeness (QED) is 0.357. The third-order valence-corrected chi connectivity index (χ3v) is 4.37. The number of rotatable bonds is 10. The Hall–Kier alpha value is -1.26. The van der Waals surface area contributed by atoms with Crippen LogP contribution in [0.3, 0.4) is 0 Å². The van der Waals surface area contributed by atoms with Crippen molar-refractivity contribution < 1.29 is 14.3 Å². The van der Waals surface area contributed by atoms with Gasteiger partial charge in [-0.15, -0.1) is 0 Å². The van der Waals surface area contributed by atoms with Crippen LogP contribution in [0.1, 0.15) is 5.56 Å². The predicted octanol–water partition coefficient (Wildman–Crippen LogP) is 3.51. The summed E-state index contributed by atoms with van der Waals surface area (Å²) in [5.41, 5.74) is 2.15. The van der Waals surface area contributed by atoms with Crippen LogP contribution in [-0.4, -0.2) is 48.8 Å². The third-order valence-electron chi connectivity index (χ3n) is 3.46. The number of nitrogens with one attached hydrogen (secondary N) is 2. The normalized spacial score (nSPS) is 10.5. The fourth-order valence-corrected chi connectivity index (χ4v) is 2.81. The standard InChI is InChI=1S/C18H19Cl2N2O3.Al/c19-14-5-3-6-15(20)18(14)22-16-7-2-1-4-13(16)12-17(23)25-11-10-24-9-8-21;/h1-7,21-22H,8-12H2;/q-1;+1. The van der Waals surface area contributed by atoms with Crippen molar-refractivity contribution in [3.8, 4) is 0 Å². The molecule has 5 nitrogen and oxygen atoms in total. The maximum atomic E-state index is 12.1. The number of halogens is 2. The van der Waals surface area contributed by atoms with Gasteiger partial charge in [-0.05, 0) is 30.3 Å². The SMILES string of the molecule is O=C(Cc1ccccc1Nc1c(Cl)cccc1Cl)OCCOCC[NH][Al]. The number of ether oxygens (including phenoxy) is 2. The highest BCUT2D eigenvalue weighted by Gasteiger charge is 2.12. The summed E-state index contributed by atoms with van der Waals surface area (Å²) >= 11 is 14.8. The summed E-state index contributed by atoms with van der Waals surface area (Å²) in [5.74, 6) is -0.322. The molecule has 0 aliphatic heterocycles. The fraction of sp³-hybridized carbons (Fsp3) is 0.278. The molecule has 2 N–H and O–H groups in total. The smallest absolute Gasteiger partial charge is 0.310 e. The molecular weight excluding hydrogens is 390 g/mol. The van der Waals surface area contributed by atoms with Gasteiger partial charge < -0.3 is 19.1 Å². The summed E-state index contributed by atoms with van der Waals surface area (Å²) in [6, 6.07) is 12.7. The van der Waals surface area contributed by atoms with Gasteiger partial charge in [0, 0.05) is 5.69 Å². The zero-order valence-electron chi connectivity index (χ0n) is 14.1. The van der Waals surface area contributed by atoms with Crippen molar-refractivity contribution in [2.45, 2.75) is 6.42 Å². The molecule has 26 heavy (non-hydrogen) atoms. The van der Waals surface area contributed by atoms with Crippen molar-refractivity contribution in [1.29, 1.82) is 0 Å². The van der Waals surface area contributed by atoms with Gasteiger partial charge in [0.25, 0.3) is 16.5 Å². The van der Waals surface area contributed by atoms with E-state index in [4.69, 9.17) is 32.7 Å². The van der Waals surface area contributed by atoms with E-state index >= 15 is 0 Å². The zero-order chi connectivity index (χ0) is 18.8. The Kier molecular flexibility index (Phi) is 9.27. The molecule has 0 bridgehead atoms. The molecule has 0 spiro atoms. The summed E-state index contributed by atoms with van der Waals surface area (Å²) < 4.78 is 13.4. The summed E-state index contributed by atoms with van der Waals surface area (Å²) in [6.07, 6.45) is 0.137. The van der Waals surface area contributed by atoms with E-state index in [0.717, 1.165) is 17.8 Å². The Labute approximate surface area is 171 Å². The van der Waals surface area contributed by atoms with E-state index in [0.29, 0.717) is 28.9 Å². The first-order valence-corrected chi connectivity index (χ1v) is 9.41. The number of carbonyl (C=O) groups excluding carboxylic acids is 1. The molecule has 8 heteroatoms. The highest BCUT2D eigenvalue weighted by molar-refractivity contribution is 6.39. The molecule has 2 aromatic rings. The van der Waals surface area contributed by atoms with Crippen LogP contribution in [0.5, 0.6) is 0 Å². The van der Waals surface area contributed by atoms with Crippen LogP contribution in [0.2, 0.25) is 10.0 Å². The molecule has 0 aliphatic rings. The van der Waals surface area contributed by atoms with Gasteiger partial charge >= 0.3 is 5.97 Å². The first-order valence-electron chi connectivity index (χ1n) is 8.07. The molecule has 0 aromatic heterocycles. The summed E-state index contributed by atoms with van der Waals surface area (Å²) in [4.78, 5) is 12.1. The van der Waals surface area contributed by atoms with Crippen molar-refractivity contribution in [1.82, 2.24) is 4.30 Å². The number of esters is 1. The molecule has 0 unspecified atom stereocenters. The number of benzene rings is 2. The molecular formula is C18H19AlCl2N2O3. The molecule has 2 aromatic carbocycles. The van der Waals surface area contributed by atoms with Crippen LogP contribution < -0.4 is 9.62 Å².